The standard InChI is InChI=1S/C17H24N4/c1-11(2)15-8-16(21-17(20-15)12(3)4)19-10-14-6-7-18-9-13(14)5/h6-9,11-12H,10H2,1-5H3,(H,19,20,21). The van der Waals surface area contributed by atoms with Crippen LogP contribution in [0.5, 0.6) is 0 Å². The van der Waals surface area contributed by atoms with Crippen LogP contribution >= 0.6 is 0 Å². The van der Waals surface area contributed by atoms with E-state index in [-0.39, 0.29) is 0 Å². The van der Waals surface area contributed by atoms with Gasteiger partial charge in [-0.2, -0.15) is 0 Å². The van der Waals surface area contributed by atoms with E-state index in [2.05, 4.69) is 54.9 Å². The quantitative estimate of drug-likeness (QED) is 0.900. The minimum absolute atomic E-state index is 0.326. The maximum absolute atomic E-state index is 4.64. The SMILES string of the molecule is Cc1cnccc1CNc1cc(C(C)C)nc(C(C)C)n1. The highest BCUT2D eigenvalue weighted by atomic mass is 15.0. The summed E-state index contributed by atoms with van der Waals surface area (Å²) in [4.78, 5) is 13.4. The molecule has 0 bridgehead atoms. The summed E-state index contributed by atoms with van der Waals surface area (Å²) in [6.45, 7) is 11.4. The number of hydrogen-bond donors (Lipinski definition) is 1. The van der Waals surface area contributed by atoms with Gasteiger partial charge in [0.05, 0.1) is 0 Å². The molecule has 0 radical (unpaired) electrons. The Morgan fingerprint density at radius 1 is 1.10 bits per heavy atom. The van der Waals surface area contributed by atoms with Gasteiger partial charge >= 0.3 is 0 Å². The number of pyridine rings is 1. The van der Waals surface area contributed by atoms with Gasteiger partial charge in [0, 0.05) is 36.6 Å². The fourth-order valence-corrected chi connectivity index (χ4v) is 2.02. The maximum atomic E-state index is 4.64. The molecule has 2 aromatic rings. The van der Waals surface area contributed by atoms with Crippen molar-refractivity contribution in [1.29, 1.82) is 0 Å². The molecule has 0 saturated heterocycles. The Kier molecular flexibility index (Phi) is 4.89. The van der Waals surface area contributed by atoms with E-state index < -0.39 is 0 Å². The van der Waals surface area contributed by atoms with Crippen LogP contribution in [-0.2, 0) is 6.54 Å². The minimum Gasteiger partial charge on any atom is -0.366 e. The molecule has 0 amide bonds. The highest BCUT2D eigenvalue weighted by Gasteiger charge is 2.10. The topological polar surface area (TPSA) is 50.7 Å². The lowest BCUT2D eigenvalue weighted by Crippen LogP contribution is -2.09. The van der Waals surface area contributed by atoms with Crippen LogP contribution in [0.3, 0.4) is 0 Å². The Hall–Kier alpha value is -1.97. The van der Waals surface area contributed by atoms with E-state index in [1.54, 1.807) is 0 Å². The molecule has 0 fully saturated rings. The normalized spacial score (nSPS) is 11.2. The fraction of sp³-hybridized carbons (Fsp3) is 0.471. The molecule has 2 rings (SSSR count). The average Bonchev–Trinajstić information content (AvgIpc) is 2.46. The van der Waals surface area contributed by atoms with Gasteiger partial charge in [0.1, 0.15) is 11.6 Å². The number of anilines is 1. The lowest BCUT2D eigenvalue weighted by Gasteiger charge is -2.14. The summed E-state index contributed by atoms with van der Waals surface area (Å²) < 4.78 is 0. The van der Waals surface area contributed by atoms with Crippen LogP contribution < -0.4 is 5.32 Å². The number of rotatable bonds is 5. The second kappa shape index (κ2) is 6.66. The predicted molar refractivity (Wildman–Crippen MR) is 86.5 cm³/mol. The molecule has 0 unspecified atom stereocenters. The molecule has 4 nitrogen and oxygen atoms in total. The molecule has 112 valence electrons. The Balaban J connectivity index is 2.21. The zero-order valence-electron chi connectivity index (χ0n) is 13.5. The second-order valence-corrected chi connectivity index (χ2v) is 6.00. The summed E-state index contributed by atoms with van der Waals surface area (Å²) in [5.74, 6) is 2.52. The van der Waals surface area contributed by atoms with Crippen molar-refractivity contribution in [3.63, 3.8) is 0 Å². The number of hydrogen-bond acceptors (Lipinski definition) is 4. The molecule has 0 aromatic carbocycles. The van der Waals surface area contributed by atoms with Gasteiger partial charge in [0.2, 0.25) is 0 Å². The minimum atomic E-state index is 0.326. The third-order valence-corrected chi connectivity index (χ3v) is 3.47. The van der Waals surface area contributed by atoms with Gasteiger partial charge in [-0.05, 0) is 30.0 Å². The first-order valence-electron chi connectivity index (χ1n) is 7.49. The lowest BCUT2D eigenvalue weighted by atomic mass is 10.1. The van der Waals surface area contributed by atoms with E-state index in [0.29, 0.717) is 11.8 Å². The fourth-order valence-electron chi connectivity index (χ4n) is 2.02. The summed E-state index contributed by atoms with van der Waals surface area (Å²) in [5, 5.41) is 3.41. The van der Waals surface area contributed by atoms with Crippen LogP contribution in [0, 0.1) is 6.92 Å². The molecule has 21 heavy (non-hydrogen) atoms. The van der Waals surface area contributed by atoms with Gasteiger partial charge in [-0.15, -0.1) is 0 Å². The van der Waals surface area contributed by atoms with Crippen molar-refractivity contribution in [2.45, 2.75) is 53.0 Å². The molecule has 0 spiro atoms. The van der Waals surface area contributed by atoms with Gasteiger partial charge in [-0.25, -0.2) is 9.97 Å². The van der Waals surface area contributed by atoms with Crippen molar-refractivity contribution in [2.75, 3.05) is 5.32 Å². The van der Waals surface area contributed by atoms with Crippen LogP contribution in [-0.4, -0.2) is 15.0 Å². The largest absolute Gasteiger partial charge is 0.366 e. The van der Waals surface area contributed by atoms with Crippen LogP contribution in [0.15, 0.2) is 24.5 Å². The first-order valence-corrected chi connectivity index (χ1v) is 7.49. The van der Waals surface area contributed by atoms with Gasteiger partial charge in [0.15, 0.2) is 0 Å². The second-order valence-electron chi connectivity index (χ2n) is 6.00. The molecule has 0 atom stereocenters. The molecular weight excluding hydrogens is 260 g/mol. The predicted octanol–water partition coefficient (Wildman–Crippen LogP) is 4.04. The Labute approximate surface area is 127 Å². The molecular formula is C17H24N4. The van der Waals surface area contributed by atoms with Crippen LogP contribution in [0.1, 0.15) is 62.2 Å². The Morgan fingerprint density at radius 2 is 1.86 bits per heavy atom. The van der Waals surface area contributed by atoms with Crippen molar-refractivity contribution < 1.29 is 0 Å². The lowest BCUT2D eigenvalue weighted by molar-refractivity contribution is 0.730. The molecule has 2 aromatic heterocycles. The van der Waals surface area contributed by atoms with Crippen molar-refractivity contribution in [1.82, 2.24) is 15.0 Å². The first-order chi connectivity index (χ1) is 9.97. The van der Waals surface area contributed by atoms with Gasteiger partial charge in [-0.1, -0.05) is 27.7 Å². The highest BCUT2D eigenvalue weighted by Crippen LogP contribution is 2.20. The van der Waals surface area contributed by atoms with E-state index in [1.807, 2.05) is 24.5 Å². The van der Waals surface area contributed by atoms with Crippen LogP contribution in [0.25, 0.3) is 0 Å². The Bertz CT molecular complexity index is 579. The third-order valence-electron chi connectivity index (χ3n) is 3.47. The first kappa shape index (κ1) is 15.4. The number of aromatic nitrogens is 3. The Morgan fingerprint density at radius 3 is 2.48 bits per heavy atom. The monoisotopic (exact) mass is 284 g/mol. The zero-order chi connectivity index (χ0) is 15.4. The third kappa shape index (κ3) is 4.00. The smallest absolute Gasteiger partial charge is 0.133 e. The van der Waals surface area contributed by atoms with E-state index in [1.165, 1.54) is 11.1 Å². The summed E-state index contributed by atoms with van der Waals surface area (Å²) >= 11 is 0. The summed E-state index contributed by atoms with van der Waals surface area (Å²) in [5.41, 5.74) is 3.51. The molecule has 2 heterocycles. The van der Waals surface area contributed by atoms with Crippen molar-refractivity contribution >= 4 is 5.82 Å². The highest BCUT2D eigenvalue weighted by molar-refractivity contribution is 5.39. The van der Waals surface area contributed by atoms with Crippen molar-refractivity contribution in [3.05, 3.63) is 47.2 Å². The van der Waals surface area contributed by atoms with Gasteiger partial charge < -0.3 is 5.32 Å². The van der Waals surface area contributed by atoms with E-state index in [4.69, 9.17) is 0 Å². The molecule has 0 aliphatic carbocycles. The van der Waals surface area contributed by atoms with E-state index in [0.717, 1.165) is 23.9 Å². The van der Waals surface area contributed by atoms with Crippen LogP contribution in [0.2, 0.25) is 0 Å². The van der Waals surface area contributed by atoms with Crippen molar-refractivity contribution in [3.8, 4) is 0 Å². The molecule has 0 saturated carbocycles. The summed E-state index contributed by atoms with van der Waals surface area (Å²) in [6.07, 6.45) is 3.71. The molecule has 0 aliphatic rings. The van der Waals surface area contributed by atoms with Crippen molar-refractivity contribution in [2.24, 2.45) is 0 Å². The maximum Gasteiger partial charge on any atom is 0.133 e. The van der Waals surface area contributed by atoms with Crippen LogP contribution in [0.4, 0.5) is 5.82 Å². The zero-order valence-corrected chi connectivity index (χ0v) is 13.5. The average molecular weight is 284 g/mol. The number of nitrogens with zero attached hydrogens (tertiary/aromatic N) is 3. The van der Waals surface area contributed by atoms with E-state index in [9.17, 15) is 0 Å². The molecule has 4 heteroatoms. The number of nitrogens with one attached hydrogen (secondary N) is 1. The molecule has 0 aliphatic heterocycles. The number of aryl methyl sites for hydroxylation is 1. The van der Waals surface area contributed by atoms with E-state index >= 15 is 0 Å². The summed E-state index contributed by atoms with van der Waals surface area (Å²) in [6, 6.07) is 4.09. The summed E-state index contributed by atoms with van der Waals surface area (Å²) in [7, 11) is 0. The van der Waals surface area contributed by atoms with Gasteiger partial charge in [-0.3, -0.25) is 4.98 Å². The van der Waals surface area contributed by atoms with Gasteiger partial charge in [0.25, 0.3) is 0 Å². The molecule has 1 N–H and O–H groups in total.